The van der Waals surface area contributed by atoms with E-state index in [0.717, 1.165) is 5.56 Å². The van der Waals surface area contributed by atoms with Gasteiger partial charge in [-0.1, -0.05) is 58.0 Å². The van der Waals surface area contributed by atoms with Crippen LogP contribution in [0.25, 0.3) is 0 Å². The van der Waals surface area contributed by atoms with Crippen molar-refractivity contribution in [3.8, 4) is 0 Å². The van der Waals surface area contributed by atoms with E-state index in [1.165, 1.54) is 11.8 Å². The molecule has 122 valence electrons. The average molecular weight is 324 g/mol. The number of carboxylic acid groups (broad SMARTS) is 1. The number of carboxylic acids is 1. The van der Waals surface area contributed by atoms with Gasteiger partial charge in [0, 0.05) is 10.5 Å². The van der Waals surface area contributed by atoms with E-state index in [0.29, 0.717) is 0 Å². The molecule has 0 saturated heterocycles. The predicted octanol–water partition coefficient (Wildman–Crippen LogP) is 3.74. The molecule has 0 aromatic heterocycles. The fourth-order valence-electron chi connectivity index (χ4n) is 1.81. The molecule has 1 rings (SSSR count). The third kappa shape index (κ3) is 5.05. The fourth-order valence-corrected chi connectivity index (χ4v) is 2.93. The standard InChI is InChI=1S/C17H24O4S/c1-5-17(14(18)19,12-22-16(2,3)4)15(20)21-11-13-9-7-6-8-10-13/h6-10H,5,11-12H2,1-4H3,(H,18,19). The molecule has 1 aromatic rings. The maximum Gasteiger partial charge on any atom is 0.324 e. The number of hydrogen-bond acceptors (Lipinski definition) is 4. The molecule has 5 heteroatoms. The summed E-state index contributed by atoms with van der Waals surface area (Å²) >= 11 is 1.46. The minimum Gasteiger partial charge on any atom is -0.480 e. The van der Waals surface area contributed by atoms with E-state index >= 15 is 0 Å². The van der Waals surface area contributed by atoms with Gasteiger partial charge in [-0.3, -0.25) is 9.59 Å². The lowest BCUT2D eigenvalue weighted by molar-refractivity contribution is -0.168. The third-order valence-corrected chi connectivity index (χ3v) is 4.87. The second-order valence-electron chi connectivity index (χ2n) is 6.20. The van der Waals surface area contributed by atoms with Gasteiger partial charge >= 0.3 is 11.9 Å². The molecule has 1 atom stereocenters. The van der Waals surface area contributed by atoms with Crippen LogP contribution >= 0.6 is 11.8 Å². The number of ether oxygens (including phenoxy) is 1. The quantitative estimate of drug-likeness (QED) is 0.611. The van der Waals surface area contributed by atoms with E-state index in [4.69, 9.17) is 4.74 Å². The number of carbonyl (C=O) groups is 2. The van der Waals surface area contributed by atoms with Gasteiger partial charge in [-0.2, -0.15) is 11.8 Å². The number of hydrogen-bond donors (Lipinski definition) is 1. The van der Waals surface area contributed by atoms with Gasteiger partial charge in [0.1, 0.15) is 6.61 Å². The maximum atomic E-state index is 12.4. The Morgan fingerprint density at radius 2 is 1.77 bits per heavy atom. The van der Waals surface area contributed by atoms with E-state index in [9.17, 15) is 14.7 Å². The van der Waals surface area contributed by atoms with Crippen molar-refractivity contribution in [1.82, 2.24) is 0 Å². The van der Waals surface area contributed by atoms with Crippen molar-refractivity contribution in [2.24, 2.45) is 5.41 Å². The van der Waals surface area contributed by atoms with Gasteiger partial charge in [0.05, 0.1) is 0 Å². The Bertz CT molecular complexity index is 507. The summed E-state index contributed by atoms with van der Waals surface area (Å²) in [4.78, 5) is 24.1. The van der Waals surface area contributed by atoms with Gasteiger partial charge in [-0.05, 0) is 12.0 Å². The molecule has 0 radical (unpaired) electrons. The van der Waals surface area contributed by atoms with Gasteiger partial charge in [0.15, 0.2) is 5.41 Å². The second-order valence-corrected chi connectivity index (χ2v) is 8.01. The number of aliphatic carboxylic acids is 1. The maximum absolute atomic E-state index is 12.4. The lowest BCUT2D eigenvalue weighted by Gasteiger charge is -2.29. The van der Waals surface area contributed by atoms with Crippen LogP contribution in [0.15, 0.2) is 30.3 Å². The van der Waals surface area contributed by atoms with Crippen LogP contribution < -0.4 is 0 Å². The molecule has 22 heavy (non-hydrogen) atoms. The van der Waals surface area contributed by atoms with Crippen molar-refractivity contribution in [1.29, 1.82) is 0 Å². The summed E-state index contributed by atoms with van der Waals surface area (Å²) < 4.78 is 5.16. The Hall–Kier alpha value is -1.49. The zero-order valence-electron chi connectivity index (χ0n) is 13.6. The molecular weight excluding hydrogens is 300 g/mol. The highest BCUT2D eigenvalue weighted by atomic mass is 32.2. The highest BCUT2D eigenvalue weighted by Gasteiger charge is 2.47. The Balaban J connectivity index is 2.82. The summed E-state index contributed by atoms with van der Waals surface area (Å²) in [6.45, 7) is 7.79. The minimum absolute atomic E-state index is 0.0922. The summed E-state index contributed by atoms with van der Waals surface area (Å²) in [6, 6.07) is 9.25. The van der Waals surface area contributed by atoms with Crippen LogP contribution in [0.4, 0.5) is 0 Å². The fraction of sp³-hybridized carbons (Fsp3) is 0.529. The van der Waals surface area contributed by atoms with Crippen molar-refractivity contribution < 1.29 is 19.4 Å². The molecule has 0 amide bonds. The molecule has 0 aliphatic rings. The molecule has 0 aliphatic heterocycles. The van der Waals surface area contributed by atoms with E-state index in [1.807, 2.05) is 51.1 Å². The van der Waals surface area contributed by atoms with E-state index in [2.05, 4.69) is 0 Å². The van der Waals surface area contributed by atoms with Gasteiger partial charge < -0.3 is 9.84 Å². The summed E-state index contributed by atoms with van der Waals surface area (Å²) in [6.07, 6.45) is 0.207. The molecular formula is C17H24O4S. The van der Waals surface area contributed by atoms with Gasteiger partial charge in [-0.25, -0.2) is 0 Å². The van der Waals surface area contributed by atoms with E-state index in [1.54, 1.807) is 6.92 Å². The molecule has 0 spiro atoms. The molecule has 1 unspecified atom stereocenters. The van der Waals surface area contributed by atoms with Crippen molar-refractivity contribution in [3.63, 3.8) is 0 Å². The van der Waals surface area contributed by atoms with E-state index in [-0.39, 0.29) is 23.5 Å². The Morgan fingerprint density at radius 1 is 1.18 bits per heavy atom. The number of thioether (sulfide) groups is 1. The smallest absolute Gasteiger partial charge is 0.324 e. The average Bonchev–Trinajstić information content (AvgIpc) is 2.46. The molecule has 0 bridgehead atoms. The third-order valence-electron chi connectivity index (χ3n) is 3.37. The second kappa shape index (κ2) is 7.68. The number of carbonyl (C=O) groups excluding carboxylic acids is 1. The molecule has 4 nitrogen and oxygen atoms in total. The van der Waals surface area contributed by atoms with Crippen molar-refractivity contribution in [3.05, 3.63) is 35.9 Å². The monoisotopic (exact) mass is 324 g/mol. The molecule has 1 N–H and O–H groups in total. The Labute approximate surface area is 136 Å². The molecule has 0 aliphatic carbocycles. The van der Waals surface area contributed by atoms with Crippen LogP contribution in [-0.2, 0) is 20.9 Å². The summed E-state index contributed by atoms with van der Waals surface area (Å²) in [5, 5.41) is 9.57. The zero-order valence-corrected chi connectivity index (χ0v) is 14.4. The first kappa shape index (κ1) is 18.6. The van der Waals surface area contributed by atoms with Crippen LogP contribution in [0.3, 0.4) is 0 Å². The van der Waals surface area contributed by atoms with Crippen molar-refractivity contribution >= 4 is 23.7 Å². The highest BCUT2D eigenvalue weighted by Crippen LogP contribution is 2.35. The molecule has 0 heterocycles. The minimum atomic E-state index is -1.49. The lowest BCUT2D eigenvalue weighted by atomic mass is 9.87. The predicted molar refractivity (Wildman–Crippen MR) is 88.8 cm³/mol. The molecule has 0 fully saturated rings. The molecule has 0 saturated carbocycles. The van der Waals surface area contributed by atoms with Gasteiger partial charge in [0.25, 0.3) is 0 Å². The first-order chi connectivity index (χ1) is 10.2. The van der Waals surface area contributed by atoms with Crippen LogP contribution in [0.2, 0.25) is 0 Å². The first-order valence-corrected chi connectivity index (χ1v) is 8.28. The topological polar surface area (TPSA) is 63.6 Å². The number of benzene rings is 1. The van der Waals surface area contributed by atoms with Gasteiger partial charge in [0.2, 0.25) is 0 Å². The summed E-state index contributed by atoms with van der Waals surface area (Å²) in [5.74, 6) is -1.58. The number of rotatable bonds is 7. The molecule has 1 aromatic carbocycles. The highest BCUT2D eigenvalue weighted by molar-refractivity contribution is 8.00. The largest absolute Gasteiger partial charge is 0.480 e. The van der Waals surface area contributed by atoms with Crippen molar-refractivity contribution in [2.75, 3.05) is 5.75 Å². The Kier molecular flexibility index (Phi) is 6.48. The first-order valence-electron chi connectivity index (χ1n) is 7.30. The Morgan fingerprint density at radius 3 is 2.23 bits per heavy atom. The zero-order chi connectivity index (χ0) is 16.8. The van der Waals surface area contributed by atoms with Crippen LogP contribution in [-0.4, -0.2) is 27.5 Å². The summed E-state index contributed by atoms with van der Waals surface area (Å²) in [5.41, 5.74) is -0.651. The van der Waals surface area contributed by atoms with Gasteiger partial charge in [-0.15, -0.1) is 0 Å². The van der Waals surface area contributed by atoms with Crippen LogP contribution in [0.1, 0.15) is 39.7 Å². The summed E-state index contributed by atoms with van der Waals surface area (Å²) in [7, 11) is 0. The number of esters is 1. The normalized spacial score (nSPS) is 14.2. The SMILES string of the molecule is CCC(CSC(C)(C)C)(C(=O)O)C(=O)OCc1ccccc1. The van der Waals surface area contributed by atoms with E-state index < -0.39 is 17.4 Å². The lowest BCUT2D eigenvalue weighted by Crippen LogP contribution is -2.43. The van der Waals surface area contributed by atoms with Crippen molar-refractivity contribution in [2.45, 2.75) is 45.5 Å². The van der Waals surface area contributed by atoms with Crippen LogP contribution in [0.5, 0.6) is 0 Å². The van der Waals surface area contributed by atoms with Crippen LogP contribution in [0, 0.1) is 5.41 Å².